The number of hydrogen-bond acceptors (Lipinski definition) is 1. The highest BCUT2D eigenvalue weighted by atomic mass is 19.2. The molecule has 1 aromatic rings. The Morgan fingerprint density at radius 1 is 1.07 bits per heavy atom. The van der Waals surface area contributed by atoms with Crippen molar-refractivity contribution in [3.05, 3.63) is 29.3 Å². The van der Waals surface area contributed by atoms with Gasteiger partial charge < -0.3 is 5.32 Å². The van der Waals surface area contributed by atoms with Gasteiger partial charge in [0.1, 0.15) is 5.69 Å². The number of nitrogens with one attached hydrogen (secondary N) is 1. The van der Waals surface area contributed by atoms with E-state index in [0.717, 1.165) is 0 Å². The fourth-order valence-electron chi connectivity index (χ4n) is 1.03. The van der Waals surface area contributed by atoms with E-state index in [0.29, 0.717) is 0 Å². The number of anilines is 1. The van der Waals surface area contributed by atoms with Crippen molar-refractivity contribution in [2.24, 2.45) is 5.92 Å². The molecular weight excluding hydrogens is 210 g/mol. The third-order valence-electron chi connectivity index (χ3n) is 1.80. The first-order chi connectivity index (χ1) is 6.93. The van der Waals surface area contributed by atoms with Crippen LogP contribution < -0.4 is 5.32 Å². The molecule has 0 saturated carbocycles. The molecule has 1 rings (SSSR count). The van der Waals surface area contributed by atoms with Crippen molar-refractivity contribution in [3.8, 4) is 0 Å². The fraction of sp³-hybridized carbons (Fsp3) is 0.400. The molecule has 0 aliphatic heterocycles. The fourth-order valence-corrected chi connectivity index (χ4v) is 1.03. The molecule has 0 spiro atoms. The molecule has 0 atom stereocenters. The monoisotopic (exact) mass is 221 g/mol. The van der Waals surface area contributed by atoms with Crippen LogP contribution in [0.15, 0.2) is 6.07 Å². The smallest absolute Gasteiger partial charge is 0.185 e. The Kier molecular flexibility index (Phi) is 3.55. The number of hydrogen-bond donors (Lipinski definition) is 1. The van der Waals surface area contributed by atoms with Crippen LogP contribution in [-0.2, 0) is 0 Å². The van der Waals surface area contributed by atoms with E-state index in [-0.39, 0.29) is 18.5 Å². The van der Waals surface area contributed by atoms with Gasteiger partial charge in [-0.3, -0.25) is 0 Å². The Morgan fingerprint density at radius 3 is 1.93 bits per heavy atom. The van der Waals surface area contributed by atoms with Crippen LogP contribution in [0.25, 0.3) is 0 Å². The summed E-state index contributed by atoms with van der Waals surface area (Å²) in [6.45, 7) is 3.84. The minimum atomic E-state index is -1.40. The maximum absolute atomic E-state index is 13.0. The van der Waals surface area contributed by atoms with Crippen LogP contribution >= 0.6 is 0 Å². The van der Waals surface area contributed by atoms with Gasteiger partial charge in [-0.25, -0.2) is 17.6 Å². The van der Waals surface area contributed by atoms with E-state index in [1.54, 1.807) is 13.8 Å². The molecule has 15 heavy (non-hydrogen) atoms. The standard InChI is InChI=1S/C10H11F4N/c1-5(2)4-15-10-8(13)6(11)3-7(12)9(10)14/h3,5,15H,4H2,1-2H3. The lowest BCUT2D eigenvalue weighted by Crippen LogP contribution is -2.12. The maximum Gasteiger partial charge on any atom is 0.185 e. The highest BCUT2D eigenvalue weighted by Crippen LogP contribution is 2.24. The molecule has 1 aromatic carbocycles. The molecule has 0 unspecified atom stereocenters. The Morgan fingerprint density at radius 2 is 1.53 bits per heavy atom. The first-order valence-corrected chi connectivity index (χ1v) is 4.50. The maximum atomic E-state index is 13.0. The van der Waals surface area contributed by atoms with Crippen LogP contribution in [-0.4, -0.2) is 6.54 Å². The van der Waals surface area contributed by atoms with E-state index >= 15 is 0 Å². The summed E-state index contributed by atoms with van der Waals surface area (Å²) in [6.07, 6.45) is 0. The van der Waals surface area contributed by atoms with Crippen molar-refractivity contribution in [1.82, 2.24) is 0 Å². The van der Waals surface area contributed by atoms with Crippen molar-refractivity contribution in [2.75, 3.05) is 11.9 Å². The number of rotatable bonds is 3. The molecule has 0 heterocycles. The lowest BCUT2D eigenvalue weighted by atomic mass is 10.2. The van der Waals surface area contributed by atoms with Crippen molar-refractivity contribution >= 4 is 5.69 Å². The van der Waals surface area contributed by atoms with Gasteiger partial charge in [0, 0.05) is 12.6 Å². The molecule has 0 fully saturated rings. The minimum Gasteiger partial charge on any atom is -0.380 e. The second-order valence-corrected chi connectivity index (χ2v) is 3.62. The van der Waals surface area contributed by atoms with E-state index in [9.17, 15) is 17.6 Å². The zero-order chi connectivity index (χ0) is 11.6. The summed E-state index contributed by atoms with van der Waals surface area (Å²) in [7, 11) is 0. The predicted molar refractivity (Wildman–Crippen MR) is 49.6 cm³/mol. The topological polar surface area (TPSA) is 12.0 Å². The van der Waals surface area contributed by atoms with Crippen LogP contribution in [0.2, 0.25) is 0 Å². The van der Waals surface area contributed by atoms with Crippen molar-refractivity contribution < 1.29 is 17.6 Å². The number of benzene rings is 1. The zero-order valence-corrected chi connectivity index (χ0v) is 8.37. The van der Waals surface area contributed by atoms with Crippen LogP contribution in [0.1, 0.15) is 13.8 Å². The lowest BCUT2D eigenvalue weighted by molar-refractivity contribution is 0.457. The highest BCUT2D eigenvalue weighted by Gasteiger charge is 2.18. The summed E-state index contributed by atoms with van der Waals surface area (Å²) in [5, 5.41) is 2.33. The van der Waals surface area contributed by atoms with Gasteiger partial charge in [-0.15, -0.1) is 0 Å². The van der Waals surface area contributed by atoms with Gasteiger partial charge in [0.25, 0.3) is 0 Å². The number of halogens is 4. The van der Waals surface area contributed by atoms with Crippen molar-refractivity contribution in [3.63, 3.8) is 0 Å². The Bertz CT molecular complexity index is 337. The highest BCUT2D eigenvalue weighted by molar-refractivity contribution is 5.47. The SMILES string of the molecule is CC(C)CNc1c(F)c(F)cc(F)c1F. The molecule has 0 amide bonds. The van der Waals surface area contributed by atoms with E-state index < -0.39 is 29.0 Å². The summed E-state index contributed by atoms with van der Waals surface area (Å²) in [5.74, 6) is -5.49. The summed E-state index contributed by atoms with van der Waals surface area (Å²) < 4.78 is 51.5. The van der Waals surface area contributed by atoms with Gasteiger partial charge in [0.05, 0.1) is 0 Å². The van der Waals surface area contributed by atoms with Crippen molar-refractivity contribution in [2.45, 2.75) is 13.8 Å². The molecule has 1 N–H and O–H groups in total. The van der Waals surface area contributed by atoms with Crippen LogP contribution in [0, 0.1) is 29.2 Å². The Labute approximate surface area is 85.1 Å². The van der Waals surface area contributed by atoms with Gasteiger partial charge >= 0.3 is 0 Å². The normalized spacial score (nSPS) is 10.9. The quantitative estimate of drug-likeness (QED) is 0.610. The first kappa shape index (κ1) is 11.8. The molecule has 0 radical (unpaired) electrons. The third-order valence-corrected chi connectivity index (χ3v) is 1.80. The van der Waals surface area contributed by atoms with Crippen LogP contribution in [0.4, 0.5) is 23.2 Å². The molecule has 1 nitrogen and oxygen atoms in total. The molecular formula is C10H11F4N. The summed E-state index contributed by atoms with van der Waals surface area (Å²) in [6, 6.07) is 0.186. The van der Waals surface area contributed by atoms with E-state index in [4.69, 9.17) is 0 Å². The lowest BCUT2D eigenvalue weighted by Gasteiger charge is -2.11. The van der Waals surface area contributed by atoms with E-state index in [1.807, 2.05) is 0 Å². The summed E-state index contributed by atoms with van der Waals surface area (Å²) in [5.41, 5.74) is -0.749. The summed E-state index contributed by atoms with van der Waals surface area (Å²) in [4.78, 5) is 0. The van der Waals surface area contributed by atoms with E-state index in [1.165, 1.54) is 0 Å². The third kappa shape index (κ3) is 2.61. The largest absolute Gasteiger partial charge is 0.380 e. The van der Waals surface area contributed by atoms with Gasteiger partial charge in [0.2, 0.25) is 0 Å². The van der Waals surface area contributed by atoms with Gasteiger partial charge in [-0.1, -0.05) is 13.8 Å². The molecule has 5 heteroatoms. The molecule has 0 bridgehead atoms. The zero-order valence-electron chi connectivity index (χ0n) is 8.37. The van der Waals surface area contributed by atoms with Gasteiger partial charge in [0.15, 0.2) is 23.3 Å². The second kappa shape index (κ2) is 4.51. The van der Waals surface area contributed by atoms with Crippen LogP contribution in [0.5, 0.6) is 0 Å². The molecule has 0 aliphatic rings. The molecule has 0 aromatic heterocycles. The Balaban J connectivity index is 3.04. The average Bonchev–Trinajstić information content (AvgIpc) is 2.14. The molecule has 84 valence electrons. The van der Waals surface area contributed by atoms with Crippen LogP contribution in [0.3, 0.4) is 0 Å². The second-order valence-electron chi connectivity index (χ2n) is 3.62. The van der Waals surface area contributed by atoms with E-state index in [2.05, 4.69) is 5.32 Å². The molecule has 0 saturated heterocycles. The first-order valence-electron chi connectivity index (χ1n) is 4.50. The predicted octanol–water partition coefficient (Wildman–Crippen LogP) is 3.31. The average molecular weight is 221 g/mol. The summed E-state index contributed by atoms with van der Waals surface area (Å²) >= 11 is 0. The van der Waals surface area contributed by atoms with Gasteiger partial charge in [-0.2, -0.15) is 0 Å². The van der Waals surface area contributed by atoms with Crippen molar-refractivity contribution in [1.29, 1.82) is 0 Å². The molecule has 0 aliphatic carbocycles. The van der Waals surface area contributed by atoms with Gasteiger partial charge in [-0.05, 0) is 5.92 Å². The minimum absolute atomic E-state index is 0.107. The Hall–Kier alpha value is -1.26.